The minimum atomic E-state index is -1.33. The monoisotopic (exact) mass is 377 g/mol. The highest BCUT2D eigenvalue weighted by atomic mass is 16.2. The standard InChI is InChI=1S/C22H23N3O3/c26-19(23-14-16-8-7-9-16)15-25-20(27)22(24-21(25)28,17-10-3-1-4-11-17)18-12-5-2-6-13-18/h1-6,10-13,16H,7-9,14-15H2,(H,23,26)(H,24,28). The molecule has 1 aliphatic carbocycles. The van der Waals surface area contributed by atoms with Gasteiger partial charge in [-0.1, -0.05) is 67.1 Å². The second-order valence-corrected chi connectivity index (χ2v) is 7.40. The molecule has 4 rings (SSSR count). The fraction of sp³-hybridized carbons (Fsp3) is 0.318. The summed E-state index contributed by atoms with van der Waals surface area (Å²) in [4.78, 5) is 39.5. The Labute approximate surface area is 163 Å². The van der Waals surface area contributed by atoms with Crippen LogP contribution in [0.5, 0.6) is 0 Å². The van der Waals surface area contributed by atoms with Crippen LogP contribution < -0.4 is 10.6 Å². The van der Waals surface area contributed by atoms with Crippen molar-refractivity contribution in [2.75, 3.05) is 13.1 Å². The zero-order valence-electron chi connectivity index (χ0n) is 15.6. The highest BCUT2D eigenvalue weighted by Crippen LogP contribution is 2.35. The Balaban J connectivity index is 1.60. The summed E-state index contributed by atoms with van der Waals surface area (Å²) in [5.74, 6) is -0.235. The lowest BCUT2D eigenvalue weighted by atomic mass is 9.82. The van der Waals surface area contributed by atoms with E-state index in [1.54, 1.807) is 0 Å². The van der Waals surface area contributed by atoms with Crippen molar-refractivity contribution in [1.82, 2.24) is 15.5 Å². The molecule has 0 aromatic heterocycles. The van der Waals surface area contributed by atoms with Crippen molar-refractivity contribution in [2.24, 2.45) is 5.92 Å². The third-order valence-electron chi connectivity index (χ3n) is 5.63. The highest BCUT2D eigenvalue weighted by molar-refractivity contribution is 6.11. The number of nitrogens with zero attached hydrogens (tertiary/aromatic N) is 1. The number of nitrogens with one attached hydrogen (secondary N) is 2. The van der Waals surface area contributed by atoms with Gasteiger partial charge in [0.05, 0.1) is 0 Å². The van der Waals surface area contributed by atoms with Gasteiger partial charge in [0.2, 0.25) is 5.91 Å². The lowest BCUT2D eigenvalue weighted by Crippen LogP contribution is -2.46. The van der Waals surface area contributed by atoms with Crippen LogP contribution in [0.4, 0.5) is 4.79 Å². The van der Waals surface area contributed by atoms with Crippen molar-refractivity contribution in [1.29, 1.82) is 0 Å². The number of carbonyl (C=O) groups excluding carboxylic acids is 3. The van der Waals surface area contributed by atoms with Crippen molar-refractivity contribution in [3.8, 4) is 0 Å². The largest absolute Gasteiger partial charge is 0.354 e. The molecule has 6 nitrogen and oxygen atoms in total. The van der Waals surface area contributed by atoms with Crippen molar-refractivity contribution in [2.45, 2.75) is 24.8 Å². The first kappa shape index (κ1) is 18.2. The number of hydrogen-bond donors (Lipinski definition) is 2. The molecule has 0 bridgehead atoms. The van der Waals surface area contributed by atoms with Crippen LogP contribution in [0.1, 0.15) is 30.4 Å². The van der Waals surface area contributed by atoms with Crippen molar-refractivity contribution < 1.29 is 14.4 Å². The Morgan fingerprint density at radius 3 is 2.07 bits per heavy atom. The third kappa shape index (κ3) is 3.15. The number of carbonyl (C=O) groups is 3. The molecule has 1 aliphatic heterocycles. The second-order valence-electron chi connectivity index (χ2n) is 7.40. The molecule has 28 heavy (non-hydrogen) atoms. The zero-order valence-corrected chi connectivity index (χ0v) is 15.6. The van der Waals surface area contributed by atoms with Crippen LogP contribution in [0.25, 0.3) is 0 Å². The van der Waals surface area contributed by atoms with Gasteiger partial charge in [0, 0.05) is 6.54 Å². The van der Waals surface area contributed by atoms with Gasteiger partial charge < -0.3 is 10.6 Å². The van der Waals surface area contributed by atoms with Gasteiger partial charge in [0.25, 0.3) is 5.91 Å². The van der Waals surface area contributed by atoms with Gasteiger partial charge in [-0.3, -0.25) is 14.5 Å². The minimum Gasteiger partial charge on any atom is -0.354 e. The highest BCUT2D eigenvalue weighted by Gasteiger charge is 2.54. The first-order valence-corrected chi connectivity index (χ1v) is 9.63. The molecule has 6 heteroatoms. The fourth-order valence-electron chi connectivity index (χ4n) is 3.81. The Hall–Kier alpha value is -3.15. The number of amides is 4. The van der Waals surface area contributed by atoms with E-state index >= 15 is 0 Å². The molecule has 0 spiro atoms. The molecule has 0 unspecified atom stereocenters. The minimum absolute atomic E-state index is 0.279. The molecular formula is C22H23N3O3. The molecule has 144 valence electrons. The smallest absolute Gasteiger partial charge is 0.326 e. The van der Waals surface area contributed by atoms with Crippen LogP contribution >= 0.6 is 0 Å². The maximum Gasteiger partial charge on any atom is 0.326 e. The van der Waals surface area contributed by atoms with Crippen molar-refractivity contribution in [3.05, 3.63) is 71.8 Å². The number of imide groups is 1. The first-order chi connectivity index (χ1) is 13.6. The van der Waals surface area contributed by atoms with E-state index in [1.165, 1.54) is 6.42 Å². The number of urea groups is 1. The number of hydrogen-bond acceptors (Lipinski definition) is 3. The van der Waals surface area contributed by atoms with E-state index in [0.29, 0.717) is 23.6 Å². The van der Waals surface area contributed by atoms with Gasteiger partial charge in [0.1, 0.15) is 6.54 Å². The van der Waals surface area contributed by atoms with Crippen molar-refractivity contribution >= 4 is 17.8 Å². The van der Waals surface area contributed by atoms with Crippen molar-refractivity contribution in [3.63, 3.8) is 0 Å². The molecule has 0 radical (unpaired) electrons. The van der Waals surface area contributed by atoms with Gasteiger partial charge in [-0.15, -0.1) is 0 Å². The van der Waals surface area contributed by atoms with Crippen LogP contribution in [0.2, 0.25) is 0 Å². The summed E-state index contributed by atoms with van der Waals surface area (Å²) in [5.41, 5.74) is 0.00210. The molecule has 2 aliphatic rings. The van der Waals surface area contributed by atoms with E-state index in [-0.39, 0.29) is 12.5 Å². The van der Waals surface area contributed by atoms with E-state index in [4.69, 9.17) is 0 Å². The van der Waals surface area contributed by atoms with Crippen LogP contribution in [0.15, 0.2) is 60.7 Å². The molecule has 4 amide bonds. The Kier molecular flexibility index (Phi) is 4.86. The Bertz CT molecular complexity index is 839. The van der Waals surface area contributed by atoms with Crippen LogP contribution in [0.3, 0.4) is 0 Å². The third-order valence-corrected chi connectivity index (χ3v) is 5.63. The molecule has 1 saturated carbocycles. The maximum atomic E-state index is 13.4. The van der Waals surface area contributed by atoms with Gasteiger partial charge in [-0.2, -0.15) is 0 Å². The summed E-state index contributed by atoms with van der Waals surface area (Å²) in [6.45, 7) is 0.323. The normalized spacial score (nSPS) is 18.5. The molecule has 2 aromatic carbocycles. The van der Waals surface area contributed by atoms with Gasteiger partial charge in [-0.05, 0) is 29.9 Å². The van der Waals surface area contributed by atoms with Gasteiger partial charge >= 0.3 is 6.03 Å². The second kappa shape index (κ2) is 7.46. The number of benzene rings is 2. The summed E-state index contributed by atoms with van der Waals surface area (Å²) in [5, 5.41) is 5.70. The maximum absolute atomic E-state index is 13.4. The van der Waals surface area contributed by atoms with E-state index in [9.17, 15) is 14.4 Å². The predicted octanol–water partition coefficient (Wildman–Crippen LogP) is 2.40. The SMILES string of the molecule is O=C(CN1C(=O)NC(c2ccccc2)(c2ccccc2)C1=O)NCC1CCC1. The molecule has 2 aromatic rings. The average Bonchev–Trinajstić information content (AvgIpc) is 2.94. The molecule has 1 heterocycles. The summed E-state index contributed by atoms with van der Waals surface area (Å²) >= 11 is 0. The summed E-state index contributed by atoms with van der Waals surface area (Å²) in [6, 6.07) is 17.7. The number of rotatable bonds is 6. The van der Waals surface area contributed by atoms with Gasteiger partial charge in [-0.25, -0.2) is 4.79 Å². The zero-order chi connectivity index (χ0) is 19.6. The lowest BCUT2D eigenvalue weighted by Gasteiger charge is -2.28. The van der Waals surface area contributed by atoms with E-state index in [2.05, 4.69) is 10.6 Å². The predicted molar refractivity (Wildman–Crippen MR) is 104 cm³/mol. The quantitative estimate of drug-likeness (QED) is 0.759. The summed E-state index contributed by atoms with van der Waals surface area (Å²) in [6.07, 6.45) is 3.44. The van der Waals surface area contributed by atoms with E-state index in [1.807, 2.05) is 60.7 Å². The summed E-state index contributed by atoms with van der Waals surface area (Å²) in [7, 11) is 0. The fourth-order valence-corrected chi connectivity index (χ4v) is 3.81. The van der Waals surface area contributed by atoms with Crippen LogP contribution in [0, 0.1) is 5.92 Å². The van der Waals surface area contributed by atoms with Crippen LogP contribution in [-0.4, -0.2) is 35.8 Å². The van der Waals surface area contributed by atoms with E-state index in [0.717, 1.165) is 17.7 Å². The lowest BCUT2D eigenvalue weighted by molar-refractivity contribution is -0.134. The molecule has 0 atom stereocenters. The molecule has 2 N–H and O–H groups in total. The Morgan fingerprint density at radius 2 is 1.57 bits per heavy atom. The molecule has 1 saturated heterocycles. The molecule has 2 fully saturated rings. The van der Waals surface area contributed by atoms with E-state index < -0.39 is 17.5 Å². The first-order valence-electron chi connectivity index (χ1n) is 9.63. The Morgan fingerprint density at radius 1 is 1.00 bits per heavy atom. The van der Waals surface area contributed by atoms with Gasteiger partial charge in [0.15, 0.2) is 5.54 Å². The average molecular weight is 377 g/mol. The van der Waals surface area contributed by atoms with Crippen LogP contribution in [-0.2, 0) is 15.1 Å². The topological polar surface area (TPSA) is 78.5 Å². The summed E-state index contributed by atoms with van der Waals surface area (Å²) < 4.78 is 0. The molecular weight excluding hydrogens is 354 g/mol.